The lowest BCUT2D eigenvalue weighted by atomic mass is 10.0. The number of fused-ring (bicyclic) bond motifs is 3. The molecule has 0 aliphatic carbocycles. The molecule has 0 unspecified atom stereocenters. The Hall–Kier alpha value is -4.32. The molecule has 0 fully saturated rings. The topological polar surface area (TPSA) is 77.3 Å². The quantitative estimate of drug-likeness (QED) is 0.423. The Kier molecular flexibility index (Phi) is 3.67. The molecular formula is C24H14N6. The molecule has 3 aromatic heterocycles. The summed E-state index contributed by atoms with van der Waals surface area (Å²) in [5.74, 6) is 0.606. The van der Waals surface area contributed by atoms with Gasteiger partial charge in [-0.3, -0.25) is 4.98 Å². The van der Waals surface area contributed by atoms with Gasteiger partial charge in [0, 0.05) is 28.1 Å². The standard InChI is InChI=1S/C24H14N6/c1-2-8-18-15(6-1)12-26-24(29-18)17-13-27-30-21-11-5-7-16(23(17)21)22-14-25-19-9-3-4-10-20(19)28-22/h1-14H. The van der Waals surface area contributed by atoms with Gasteiger partial charge >= 0.3 is 0 Å². The van der Waals surface area contributed by atoms with Crippen LogP contribution in [0.4, 0.5) is 0 Å². The van der Waals surface area contributed by atoms with Crippen molar-refractivity contribution in [2.24, 2.45) is 0 Å². The van der Waals surface area contributed by atoms with Gasteiger partial charge in [-0.1, -0.05) is 42.5 Å². The van der Waals surface area contributed by atoms with E-state index in [-0.39, 0.29) is 0 Å². The predicted octanol–water partition coefficient (Wildman–Crippen LogP) is 4.85. The summed E-state index contributed by atoms with van der Waals surface area (Å²) in [6.45, 7) is 0. The van der Waals surface area contributed by atoms with E-state index in [1.54, 1.807) is 12.4 Å². The smallest absolute Gasteiger partial charge is 0.162 e. The zero-order chi connectivity index (χ0) is 19.9. The zero-order valence-electron chi connectivity index (χ0n) is 15.8. The minimum Gasteiger partial charge on any atom is -0.252 e. The van der Waals surface area contributed by atoms with Crippen LogP contribution in [0.3, 0.4) is 0 Å². The highest BCUT2D eigenvalue weighted by molar-refractivity contribution is 6.03. The Morgan fingerprint density at radius 1 is 0.533 bits per heavy atom. The number of para-hydroxylation sites is 3. The van der Waals surface area contributed by atoms with E-state index in [0.29, 0.717) is 5.82 Å². The van der Waals surface area contributed by atoms with Gasteiger partial charge < -0.3 is 0 Å². The summed E-state index contributed by atoms with van der Waals surface area (Å²) in [5, 5.41) is 10.4. The minimum absolute atomic E-state index is 0.606. The van der Waals surface area contributed by atoms with Crippen LogP contribution in [-0.4, -0.2) is 30.1 Å². The summed E-state index contributed by atoms with van der Waals surface area (Å²) in [4.78, 5) is 18.8. The van der Waals surface area contributed by atoms with Crippen molar-refractivity contribution in [1.82, 2.24) is 30.1 Å². The molecule has 0 bridgehead atoms. The maximum atomic E-state index is 4.83. The second-order valence-electron chi connectivity index (χ2n) is 6.95. The Morgan fingerprint density at radius 3 is 2.27 bits per heavy atom. The Labute approximate surface area is 171 Å². The molecule has 0 saturated heterocycles. The summed E-state index contributed by atoms with van der Waals surface area (Å²) >= 11 is 0. The van der Waals surface area contributed by atoms with Crippen molar-refractivity contribution < 1.29 is 0 Å². The monoisotopic (exact) mass is 386 g/mol. The van der Waals surface area contributed by atoms with E-state index < -0.39 is 0 Å². The van der Waals surface area contributed by atoms with Crippen LogP contribution < -0.4 is 0 Å². The maximum absolute atomic E-state index is 4.83. The highest BCUT2D eigenvalue weighted by atomic mass is 15.1. The van der Waals surface area contributed by atoms with E-state index in [1.807, 2.05) is 72.9 Å². The molecule has 140 valence electrons. The van der Waals surface area contributed by atoms with Gasteiger partial charge in [-0.15, -0.1) is 0 Å². The third-order valence-electron chi connectivity index (χ3n) is 5.12. The summed E-state index contributed by atoms with van der Waals surface area (Å²) in [6, 6.07) is 21.7. The highest BCUT2D eigenvalue weighted by Gasteiger charge is 2.15. The molecule has 30 heavy (non-hydrogen) atoms. The number of nitrogens with zero attached hydrogens (tertiary/aromatic N) is 6. The third kappa shape index (κ3) is 2.66. The van der Waals surface area contributed by atoms with Crippen LogP contribution in [0.2, 0.25) is 0 Å². The van der Waals surface area contributed by atoms with Gasteiger partial charge in [0.15, 0.2) is 5.82 Å². The molecule has 6 aromatic rings. The first kappa shape index (κ1) is 16.6. The van der Waals surface area contributed by atoms with Crippen molar-refractivity contribution >= 4 is 32.8 Å². The molecule has 6 heteroatoms. The van der Waals surface area contributed by atoms with Gasteiger partial charge in [-0.2, -0.15) is 10.2 Å². The van der Waals surface area contributed by atoms with Gasteiger partial charge in [0.25, 0.3) is 0 Å². The van der Waals surface area contributed by atoms with Crippen molar-refractivity contribution in [3.63, 3.8) is 0 Å². The molecule has 6 rings (SSSR count). The van der Waals surface area contributed by atoms with Gasteiger partial charge in [0.05, 0.1) is 40.2 Å². The first-order valence-corrected chi connectivity index (χ1v) is 9.55. The van der Waals surface area contributed by atoms with Crippen molar-refractivity contribution in [2.45, 2.75) is 0 Å². The number of hydrogen-bond acceptors (Lipinski definition) is 6. The predicted molar refractivity (Wildman–Crippen MR) is 117 cm³/mol. The lowest BCUT2D eigenvalue weighted by molar-refractivity contribution is 1.07. The van der Waals surface area contributed by atoms with Crippen LogP contribution in [0, 0.1) is 0 Å². The molecule has 0 aliphatic heterocycles. The summed E-state index contributed by atoms with van der Waals surface area (Å²) in [7, 11) is 0. The Morgan fingerprint density at radius 2 is 1.33 bits per heavy atom. The molecule has 0 N–H and O–H groups in total. The Balaban J connectivity index is 1.63. The van der Waals surface area contributed by atoms with Gasteiger partial charge in [-0.05, 0) is 24.3 Å². The first-order chi connectivity index (χ1) is 14.9. The normalized spacial score (nSPS) is 11.3. The second kappa shape index (κ2) is 6.63. The molecule has 0 amide bonds. The molecule has 0 aliphatic rings. The lowest BCUT2D eigenvalue weighted by Gasteiger charge is -2.10. The average Bonchev–Trinajstić information content (AvgIpc) is 2.82. The van der Waals surface area contributed by atoms with Crippen molar-refractivity contribution in [3.8, 4) is 22.6 Å². The summed E-state index contributed by atoms with van der Waals surface area (Å²) < 4.78 is 0. The largest absolute Gasteiger partial charge is 0.252 e. The van der Waals surface area contributed by atoms with E-state index in [1.165, 1.54) is 0 Å². The first-order valence-electron chi connectivity index (χ1n) is 9.55. The molecule has 3 aromatic carbocycles. The van der Waals surface area contributed by atoms with Crippen LogP contribution >= 0.6 is 0 Å². The van der Waals surface area contributed by atoms with Gasteiger partial charge in [0.1, 0.15) is 0 Å². The van der Waals surface area contributed by atoms with Crippen LogP contribution in [0.5, 0.6) is 0 Å². The molecule has 0 atom stereocenters. The number of aromatic nitrogens is 6. The number of hydrogen-bond donors (Lipinski definition) is 0. The van der Waals surface area contributed by atoms with Gasteiger partial charge in [0.2, 0.25) is 0 Å². The fourth-order valence-corrected chi connectivity index (χ4v) is 3.69. The number of benzene rings is 3. The van der Waals surface area contributed by atoms with Crippen molar-refractivity contribution in [1.29, 1.82) is 0 Å². The third-order valence-corrected chi connectivity index (χ3v) is 5.12. The van der Waals surface area contributed by atoms with E-state index in [4.69, 9.17) is 9.97 Å². The van der Waals surface area contributed by atoms with Gasteiger partial charge in [-0.25, -0.2) is 15.0 Å². The van der Waals surface area contributed by atoms with Crippen molar-refractivity contribution in [3.05, 3.63) is 85.3 Å². The van der Waals surface area contributed by atoms with Crippen LogP contribution in [0.25, 0.3) is 55.5 Å². The lowest BCUT2D eigenvalue weighted by Crippen LogP contribution is -1.96. The van der Waals surface area contributed by atoms with Crippen molar-refractivity contribution in [2.75, 3.05) is 0 Å². The molecule has 3 heterocycles. The molecule has 0 saturated carbocycles. The zero-order valence-corrected chi connectivity index (χ0v) is 15.8. The second-order valence-corrected chi connectivity index (χ2v) is 6.95. The van der Waals surface area contributed by atoms with E-state index in [9.17, 15) is 0 Å². The van der Waals surface area contributed by atoms with Crippen LogP contribution in [0.1, 0.15) is 0 Å². The van der Waals surface area contributed by atoms with E-state index >= 15 is 0 Å². The number of rotatable bonds is 2. The molecular weight excluding hydrogens is 372 g/mol. The SMILES string of the molecule is c1ccc2nc(-c3cnnc4cccc(-c5cnc6ccccc6n5)c34)ncc2c1. The fraction of sp³-hybridized carbons (Fsp3) is 0. The summed E-state index contributed by atoms with van der Waals surface area (Å²) in [5.41, 5.74) is 5.86. The van der Waals surface area contributed by atoms with Crippen LogP contribution in [0.15, 0.2) is 85.3 Å². The fourth-order valence-electron chi connectivity index (χ4n) is 3.69. The summed E-state index contributed by atoms with van der Waals surface area (Å²) in [6.07, 6.45) is 5.34. The maximum Gasteiger partial charge on any atom is 0.162 e. The Bertz CT molecular complexity index is 1450. The van der Waals surface area contributed by atoms with E-state index in [2.05, 4.69) is 20.2 Å². The van der Waals surface area contributed by atoms with Crippen LogP contribution in [-0.2, 0) is 0 Å². The molecule has 0 radical (unpaired) electrons. The average molecular weight is 386 g/mol. The minimum atomic E-state index is 0.606. The molecule has 6 nitrogen and oxygen atoms in total. The highest BCUT2D eigenvalue weighted by Crippen LogP contribution is 2.33. The van der Waals surface area contributed by atoms with E-state index in [0.717, 1.165) is 49.7 Å². The molecule has 0 spiro atoms.